The molecule has 1 heterocycles. The number of hydrogen-bond donors (Lipinski definition) is 3. The van der Waals surface area contributed by atoms with Crippen molar-refractivity contribution in [2.24, 2.45) is 11.5 Å². The van der Waals surface area contributed by atoms with Crippen LogP contribution in [0.1, 0.15) is 25.3 Å². The largest absolute Gasteiger partial charge is 0.508 e. The maximum Gasteiger partial charge on any atom is 0.115 e. The van der Waals surface area contributed by atoms with Crippen molar-refractivity contribution in [3.8, 4) is 5.75 Å². The summed E-state index contributed by atoms with van der Waals surface area (Å²) in [6.07, 6.45) is 1.78. The lowest BCUT2D eigenvalue weighted by Crippen LogP contribution is -2.64. The molecule has 1 saturated heterocycles. The lowest BCUT2D eigenvalue weighted by atomic mass is 9.72. The van der Waals surface area contributed by atoms with E-state index in [1.54, 1.807) is 12.1 Å². The Morgan fingerprint density at radius 3 is 2.59 bits per heavy atom. The molecule has 0 aromatic heterocycles. The second-order valence-electron chi connectivity index (χ2n) is 4.89. The van der Waals surface area contributed by atoms with Crippen LogP contribution in [0.2, 0.25) is 0 Å². The summed E-state index contributed by atoms with van der Waals surface area (Å²) in [5, 5.41) is 9.33. The van der Waals surface area contributed by atoms with Gasteiger partial charge in [-0.3, -0.25) is 0 Å². The van der Waals surface area contributed by atoms with Gasteiger partial charge in [0.1, 0.15) is 11.4 Å². The highest BCUT2D eigenvalue weighted by Gasteiger charge is 2.48. The number of phenolic OH excluding ortho intramolecular Hbond substituents is 1. The van der Waals surface area contributed by atoms with Gasteiger partial charge in [0.05, 0.1) is 5.54 Å². The van der Waals surface area contributed by atoms with Gasteiger partial charge in [-0.25, -0.2) is 0 Å². The molecule has 0 aliphatic carbocycles. The molecule has 0 radical (unpaired) electrons. The lowest BCUT2D eigenvalue weighted by Gasteiger charge is -2.49. The Balaban J connectivity index is 2.41. The molecule has 1 fully saturated rings. The molecule has 2 unspecified atom stereocenters. The fourth-order valence-corrected chi connectivity index (χ4v) is 2.49. The Bertz CT molecular complexity index is 393. The number of phenols is 1. The van der Waals surface area contributed by atoms with Crippen LogP contribution in [0.25, 0.3) is 0 Å². The smallest absolute Gasteiger partial charge is 0.115 e. The molecular formula is C13H20N2O2. The van der Waals surface area contributed by atoms with Gasteiger partial charge in [-0.2, -0.15) is 0 Å². The fraction of sp³-hybridized carbons (Fsp3) is 0.538. The Labute approximate surface area is 102 Å². The highest BCUT2D eigenvalue weighted by Crippen LogP contribution is 2.41. The molecule has 94 valence electrons. The molecule has 0 saturated carbocycles. The lowest BCUT2D eigenvalue weighted by molar-refractivity contribution is -0.123. The van der Waals surface area contributed by atoms with Crippen LogP contribution in [-0.2, 0) is 10.3 Å². The fourth-order valence-electron chi connectivity index (χ4n) is 2.49. The first kappa shape index (κ1) is 12.4. The van der Waals surface area contributed by atoms with Crippen LogP contribution in [0.3, 0.4) is 0 Å². The third-order valence-electron chi connectivity index (χ3n) is 3.89. The van der Waals surface area contributed by atoms with Crippen molar-refractivity contribution < 1.29 is 9.84 Å². The van der Waals surface area contributed by atoms with Gasteiger partial charge >= 0.3 is 0 Å². The zero-order valence-electron chi connectivity index (χ0n) is 10.1. The van der Waals surface area contributed by atoms with Gasteiger partial charge in [0.15, 0.2) is 0 Å². The molecule has 1 aromatic rings. The monoisotopic (exact) mass is 236 g/mol. The Morgan fingerprint density at radius 2 is 2.00 bits per heavy atom. The minimum Gasteiger partial charge on any atom is -0.508 e. The van der Waals surface area contributed by atoms with Crippen molar-refractivity contribution in [2.45, 2.75) is 30.9 Å². The summed E-state index contributed by atoms with van der Waals surface area (Å²) in [6.45, 7) is 3.05. The molecule has 0 amide bonds. The van der Waals surface area contributed by atoms with E-state index in [4.69, 9.17) is 16.2 Å². The first-order valence-electron chi connectivity index (χ1n) is 5.94. The Hall–Kier alpha value is -1.10. The molecule has 17 heavy (non-hydrogen) atoms. The van der Waals surface area contributed by atoms with Crippen molar-refractivity contribution in [1.29, 1.82) is 0 Å². The summed E-state index contributed by atoms with van der Waals surface area (Å²) in [5.41, 5.74) is 12.0. The molecule has 4 heteroatoms. The summed E-state index contributed by atoms with van der Waals surface area (Å²) in [6, 6.07) is 6.99. The third-order valence-corrected chi connectivity index (χ3v) is 3.89. The van der Waals surface area contributed by atoms with Crippen molar-refractivity contribution >= 4 is 0 Å². The van der Waals surface area contributed by atoms with E-state index < -0.39 is 11.1 Å². The first-order chi connectivity index (χ1) is 8.02. The zero-order valence-corrected chi connectivity index (χ0v) is 10.1. The average molecular weight is 236 g/mol. The normalized spacial score (nSPS) is 33.6. The van der Waals surface area contributed by atoms with Gasteiger partial charge < -0.3 is 21.3 Å². The predicted molar refractivity (Wildman–Crippen MR) is 66.6 cm³/mol. The van der Waals surface area contributed by atoms with E-state index in [9.17, 15) is 5.11 Å². The maximum absolute atomic E-state index is 9.33. The van der Waals surface area contributed by atoms with Crippen LogP contribution in [-0.4, -0.2) is 23.8 Å². The number of rotatable bonds is 2. The molecule has 0 bridgehead atoms. The Kier molecular flexibility index (Phi) is 3.12. The quantitative estimate of drug-likeness (QED) is 0.717. The summed E-state index contributed by atoms with van der Waals surface area (Å²) in [5.74, 6) is 0.239. The highest BCUT2D eigenvalue weighted by molar-refractivity contribution is 5.33. The van der Waals surface area contributed by atoms with Gasteiger partial charge in [0.2, 0.25) is 0 Å². The third kappa shape index (κ3) is 1.92. The van der Waals surface area contributed by atoms with Crippen molar-refractivity contribution in [2.75, 3.05) is 13.2 Å². The van der Waals surface area contributed by atoms with Gasteiger partial charge in [0, 0.05) is 13.2 Å². The summed E-state index contributed by atoms with van der Waals surface area (Å²) < 4.78 is 5.91. The standard InChI is InChI=1S/C13H20N2O2/c1-12(10-3-5-11(16)6-4-10)13(15,9-14)7-2-8-17-12/h3-6,16H,2,7-9,14-15H2,1H3. The van der Waals surface area contributed by atoms with Crippen molar-refractivity contribution in [1.82, 2.24) is 0 Å². The van der Waals surface area contributed by atoms with Crippen LogP contribution >= 0.6 is 0 Å². The van der Waals surface area contributed by atoms with E-state index in [0.717, 1.165) is 18.4 Å². The van der Waals surface area contributed by atoms with E-state index in [1.807, 2.05) is 19.1 Å². The van der Waals surface area contributed by atoms with E-state index in [-0.39, 0.29) is 5.75 Å². The minimum atomic E-state index is -0.590. The summed E-state index contributed by atoms with van der Waals surface area (Å²) in [7, 11) is 0. The summed E-state index contributed by atoms with van der Waals surface area (Å²) >= 11 is 0. The second kappa shape index (κ2) is 4.29. The zero-order chi connectivity index (χ0) is 12.5. The van der Waals surface area contributed by atoms with E-state index >= 15 is 0 Å². The SMILES string of the molecule is CC1(c2ccc(O)cc2)OCCCC1(N)CN. The first-order valence-corrected chi connectivity index (χ1v) is 5.94. The van der Waals surface area contributed by atoms with Gasteiger partial charge in [-0.15, -0.1) is 0 Å². The molecule has 2 atom stereocenters. The molecule has 4 nitrogen and oxygen atoms in total. The van der Waals surface area contributed by atoms with Gasteiger partial charge in [-0.1, -0.05) is 12.1 Å². The van der Waals surface area contributed by atoms with Crippen LogP contribution in [0.5, 0.6) is 5.75 Å². The number of nitrogens with two attached hydrogens (primary N) is 2. The minimum absolute atomic E-state index is 0.239. The number of benzene rings is 1. The van der Waals surface area contributed by atoms with Gasteiger partial charge in [0.25, 0.3) is 0 Å². The van der Waals surface area contributed by atoms with Crippen LogP contribution in [0.4, 0.5) is 0 Å². The van der Waals surface area contributed by atoms with Gasteiger partial charge in [-0.05, 0) is 37.5 Å². The van der Waals surface area contributed by atoms with Crippen molar-refractivity contribution in [3.05, 3.63) is 29.8 Å². The average Bonchev–Trinajstić information content (AvgIpc) is 2.34. The molecular weight excluding hydrogens is 216 g/mol. The van der Waals surface area contributed by atoms with Crippen LogP contribution in [0, 0.1) is 0 Å². The maximum atomic E-state index is 9.33. The molecule has 1 aromatic carbocycles. The van der Waals surface area contributed by atoms with E-state index in [1.165, 1.54) is 0 Å². The molecule has 2 rings (SSSR count). The Morgan fingerprint density at radius 1 is 1.35 bits per heavy atom. The molecule has 5 N–H and O–H groups in total. The molecule has 1 aliphatic heterocycles. The number of ether oxygens (including phenoxy) is 1. The van der Waals surface area contributed by atoms with Crippen molar-refractivity contribution in [3.63, 3.8) is 0 Å². The second-order valence-corrected chi connectivity index (χ2v) is 4.89. The number of aromatic hydroxyl groups is 1. The van der Waals surface area contributed by atoms with Crippen LogP contribution < -0.4 is 11.5 Å². The predicted octanol–water partition coefficient (Wildman–Crippen LogP) is 1.07. The molecule has 1 aliphatic rings. The van der Waals surface area contributed by atoms with E-state index in [2.05, 4.69) is 0 Å². The summed E-state index contributed by atoms with van der Waals surface area (Å²) in [4.78, 5) is 0. The topological polar surface area (TPSA) is 81.5 Å². The number of hydrogen-bond acceptors (Lipinski definition) is 4. The molecule has 0 spiro atoms. The highest BCUT2D eigenvalue weighted by atomic mass is 16.5. The van der Waals surface area contributed by atoms with Crippen LogP contribution in [0.15, 0.2) is 24.3 Å². The van der Waals surface area contributed by atoms with E-state index in [0.29, 0.717) is 13.2 Å².